The molecule has 0 saturated heterocycles. The highest BCUT2D eigenvalue weighted by molar-refractivity contribution is 6.31. The number of carbonyl (C=O) groups is 2. The summed E-state index contributed by atoms with van der Waals surface area (Å²) in [4.78, 5) is 22.8. The Balaban J connectivity index is 2.18. The van der Waals surface area contributed by atoms with E-state index >= 15 is 0 Å². The monoisotopic (exact) mass is 418 g/mol. The van der Waals surface area contributed by atoms with Crippen molar-refractivity contribution in [3.05, 3.63) is 87.9 Å². The molecule has 146 valence electrons. The highest BCUT2D eigenvalue weighted by atomic mass is 35.5. The summed E-state index contributed by atoms with van der Waals surface area (Å²) >= 11 is 12.0. The molecule has 1 N–H and O–H groups in total. The third-order valence-corrected chi connectivity index (χ3v) is 4.42. The van der Waals surface area contributed by atoms with Crippen LogP contribution in [0.4, 0.5) is 0 Å². The van der Waals surface area contributed by atoms with E-state index < -0.39 is 12.1 Å². The first-order chi connectivity index (χ1) is 13.4. The van der Waals surface area contributed by atoms with E-state index in [0.717, 1.165) is 16.7 Å². The molecule has 0 aliphatic rings. The zero-order valence-electron chi connectivity index (χ0n) is 15.3. The number of aliphatic hydroxyl groups is 1. The van der Waals surface area contributed by atoms with E-state index in [4.69, 9.17) is 23.2 Å². The van der Waals surface area contributed by atoms with Crippen molar-refractivity contribution in [3.8, 4) is 0 Å². The number of hydrogen-bond donors (Lipinski definition) is 1. The average molecular weight is 419 g/mol. The molecule has 0 fully saturated rings. The second-order valence-corrected chi connectivity index (χ2v) is 6.91. The number of halogens is 2. The summed E-state index contributed by atoms with van der Waals surface area (Å²) in [5, 5.41) is 11.3. The third-order valence-electron chi connectivity index (χ3n) is 3.91. The van der Waals surface area contributed by atoms with Crippen LogP contribution in [-0.2, 0) is 14.3 Å². The van der Waals surface area contributed by atoms with Crippen LogP contribution in [0.15, 0.2) is 66.8 Å². The van der Waals surface area contributed by atoms with Crippen molar-refractivity contribution in [2.45, 2.75) is 18.9 Å². The summed E-state index contributed by atoms with van der Waals surface area (Å²) in [5.41, 5.74) is 2.78. The zero-order chi connectivity index (χ0) is 20.5. The van der Waals surface area contributed by atoms with Gasteiger partial charge >= 0.3 is 5.97 Å². The van der Waals surface area contributed by atoms with Gasteiger partial charge in [0.05, 0.1) is 13.2 Å². The van der Waals surface area contributed by atoms with Crippen molar-refractivity contribution in [3.63, 3.8) is 0 Å². The number of methoxy groups -OCH3 is 1. The Hall–Kier alpha value is -2.40. The van der Waals surface area contributed by atoms with E-state index in [2.05, 4.69) is 4.74 Å². The lowest BCUT2D eigenvalue weighted by Crippen LogP contribution is -2.15. The largest absolute Gasteiger partial charge is 0.469 e. The van der Waals surface area contributed by atoms with Crippen molar-refractivity contribution in [1.82, 2.24) is 0 Å². The first kappa shape index (κ1) is 21.9. The minimum atomic E-state index is -0.995. The maximum absolute atomic E-state index is 11.7. The standard InChI is InChI=1S/C22H20Cl2O4/c1-28-22(27)14-20(26)13-19(25)3-2-4-21(15-5-9-17(23)10-6-15)16-7-11-18(24)12-8-16/h2-12,19,25H,13-14H2,1H3/b3-2+. The van der Waals surface area contributed by atoms with Gasteiger partial charge in [-0.3, -0.25) is 9.59 Å². The molecule has 2 aromatic carbocycles. The molecule has 0 saturated carbocycles. The molecule has 0 amide bonds. The fourth-order valence-corrected chi connectivity index (χ4v) is 2.76. The molecule has 4 nitrogen and oxygen atoms in total. The highest BCUT2D eigenvalue weighted by Gasteiger charge is 2.13. The van der Waals surface area contributed by atoms with Crippen LogP contribution in [0.3, 0.4) is 0 Å². The summed E-state index contributed by atoms with van der Waals surface area (Å²) in [7, 11) is 1.21. The van der Waals surface area contributed by atoms with Gasteiger partial charge in [-0.1, -0.05) is 65.7 Å². The number of allylic oxidation sites excluding steroid dienone is 2. The number of Topliss-reactive ketones (excluding diaryl/α,β-unsaturated/α-hetero) is 1. The second-order valence-electron chi connectivity index (χ2n) is 6.04. The van der Waals surface area contributed by atoms with Gasteiger partial charge in [0.25, 0.3) is 0 Å². The summed E-state index contributed by atoms with van der Waals surface area (Å²) in [6.07, 6.45) is 3.51. The van der Waals surface area contributed by atoms with Gasteiger partial charge in [-0.25, -0.2) is 0 Å². The summed E-state index contributed by atoms with van der Waals surface area (Å²) in [6.45, 7) is 0. The van der Waals surface area contributed by atoms with Gasteiger partial charge in [-0.2, -0.15) is 0 Å². The smallest absolute Gasteiger partial charge is 0.313 e. The molecule has 0 aromatic heterocycles. The fraction of sp³-hybridized carbons (Fsp3) is 0.182. The van der Waals surface area contributed by atoms with Crippen LogP contribution >= 0.6 is 23.2 Å². The van der Waals surface area contributed by atoms with E-state index in [1.54, 1.807) is 30.3 Å². The van der Waals surface area contributed by atoms with Gasteiger partial charge in [-0.15, -0.1) is 0 Å². The first-order valence-electron chi connectivity index (χ1n) is 8.56. The Bertz CT molecular complexity index is 821. The van der Waals surface area contributed by atoms with Gasteiger partial charge in [-0.05, 0) is 41.0 Å². The minimum Gasteiger partial charge on any atom is -0.469 e. The highest BCUT2D eigenvalue weighted by Crippen LogP contribution is 2.26. The first-order valence-corrected chi connectivity index (χ1v) is 9.31. The Labute approximate surface area is 174 Å². The lowest BCUT2D eigenvalue weighted by molar-refractivity contribution is -0.143. The van der Waals surface area contributed by atoms with Crippen molar-refractivity contribution in [2.75, 3.05) is 7.11 Å². The van der Waals surface area contributed by atoms with Crippen molar-refractivity contribution < 1.29 is 19.4 Å². The number of rotatable bonds is 8. The predicted molar refractivity (Wildman–Crippen MR) is 111 cm³/mol. The molecular formula is C22H20Cl2O4. The molecule has 0 aliphatic heterocycles. The number of hydrogen-bond acceptors (Lipinski definition) is 4. The van der Waals surface area contributed by atoms with E-state index in [1.807, 2.05) is 30.3 Å². The molecule has 6 heteroatoms. The van der Waals surface area contributed by atoms with Crippen LogP contribution in [0.5, 0.6) is 0 Å². The molecule has 0 bridgehead atoms. The number of carbonyl (C=O) groups excluding carboxylic acids is 2. The lowest BCUT2D eigenvalue weighted by atomic mass is 9.97. The molecule has 1 atom stereocenters. The molecule has 1 unspecified atom stereocenters. The number of ketones is 1. The SMILES string of the molecule is COC(=O)CC(=O)CC(O)/C=C/C=C(c1ccc(Cl)cc1)c1ccc(Cl)cc1. The van der Waals surface area contributed by atoms with Crippen LogP contribution in [0.2, 0.25) is 10.0 Å². The maximum atomic E-state index is 11.7. The van der Waals surface area contributed by atoms with E-state index in [9.17, 15) is 14.7 Å². The summed E-state index contributed by atoms with van der Waals surface area (Å²) in [5.74, 6) is -1.00. The summed E-state index contributed by atoms with van der Waals surface area (Å²) in [6, 6.07) is 14.8. The maximum Gasteiger partial charge on any atom is 0.313 e. The Morgan fingerprint density at radius 3 is 1.96 bits per heavy atom. The normalized spacial score (nSPS) is 11.9. The quantitative estimate of drug-likeness (QED) is 0.377. The van der Waals surface area contributed by atoms with Gasteiger partial charge in [0.15, 0.2) is 0 Å². The van der Waals surface area contributed by atoms with Crippen LogP contribution in [-0.4, -0.2) is 30.1 Å². The number of benzene rings is 2. The van der Waals surface area contributed by atoms with E-state index in [0.29, 0.717) is 10.0 Å². The minimum absolute atomic E-state index is 0.156. The van der Waals surface area contributed by atoms with Gasteiger partial charge in [0.2, 0.25) is 0 Å². The number of aliphatic hydroxyl groups excluding tert-OH is 1. The molecule has 0 radical (unpaired) electrons. The Morgan fingerprint density at radius 2 is 1.50 bits per heavy atom. The third kappa shape index (κ3) is 6.97. The van der Waals surface area contributed by atoms with Crippen LogP contribution in [0.1, 0.15) is 24.0 Å². The van der Waals surface area contributed by atoms with Crippen LogP contribution in [0, 0.1) is 0 Å². The van der Waals surface area contributed by atoms with Gasteiger partial charge in [0.1, 0.15) is 12.2 Å². The average Bonchev–Trinajstić information content (AvgIpc) is 2.67. The Morgan fingerprint density at radius 1 is 1.00 bits per heavy atom. The van der Waals surface area contributed by atoms with Crippen LogP contribution < -0.4 is 0 Å². The predicted octanol–water partition coefficient (Wildman–Crippen LogP) is 4.86. The number of esters is 1. The zero-order valence-corrected chi connectivity index (χ0v) is 16.8. The molecule has 2 aromatic rings. The fourth-order valence-electron chi connectivity index (χ4n) is 2.50. The number of ether oxygens (including phenoxy) is 1. The molecule has 2 rings (SSSR count). The Kier molecular flexibility index (Phi) is 8.45. The van der Waals surface area contributed by atoms with Gasteiger partial charge in [0, 0.05) is 16.5 Å². The van der Waals surface area contributed by atoms with Crippen molar-refractivity contribution in [2.24, 2.45) is 0 Å². The molecule has 28 heavy (non-hydrogen) atoms. The van der Waals surface area contributed by atoms with E-state index in [-0.39, 0.29) is 18.6 Å². The van der Waals surface area contributed by atoms with Gasteiger partial charge < -0.3 is 9.84 Å². The topological polar surface area (TPSA) is 63.6 Å². The van der Waals surface area contributed by atoms with Crippen molar-refractivity contribution in [1.29, 1.82) is 0 Å². The van der Waals surface area contributed by atoms with E-state index in [1.165, 1.54) is 13.2 Å². The lowest BCUT2D eigenvalue weighted by Gasteiger charge is -2.09. The second kappa shape index (κ2) is 10.8. The summed E-state index contributed by atoms with van der Waals surface area (Å²) < 4.78 is 4.44. The molecule has 0 spiro atoms. The van der Waals surface area contributed by atoms with Crippen LogP contribution in [0.25, 0.3) is 5.57 Å². The molecule has 0 heterocycles. The molecule has 0 aliphatic carbocycles. The van der Waals surface area contributed by atoms with Crippen molar-refractivity contribution >= 4 is 40.5 Å². The molecular weight excluding hydrogens is 399 g/mol.